The van der Waals surface area contributed by atoms with Gasteiger partial charge in [-0.25, -0.2) is 4.79 Å². The van der Waals surface area contributed by atoms with E-state index < -0.39 is 12.1 Å². The van der Waals surface area contributed by atoms with Gasteiger partial charge in [-0.1, -0.05) is 17.7 Å². The molecule has 0 bridgehead atoms. The zero-order chi connectivity index (χ0) is 17.7. The van der Waals surface area contributed by atoms with Crippen LogP contribution in [0.2, 0.25) is 5.02 Å². The summed E-state index contributed by atoms with van der Waals surface area (Å²) in [6.45, 7) is 1.52. The summed E-state index contributed by atoms with van der Waals surface area (Å²) in [6, 6.07) is 11.2. The minimum Gasteiger partial charge on any atom is -0.493 e. The molecule has 0 aromatic heterocycles. The lowest BCUT2D eigenvalue weighted by atomic mass is 10.1. The fourth-order valence-corrected chi connectivity index (χ4v) is 2.30. The van der Waals surface area contributed by atoms with E-state index in [2.05, 4.69) is 0 Å². The van der Waals surface area contributed by atoms with E-state index in [1.165, 1.54) is 21.1 Å². The minimum atomic E-state index is -0.949. The van der Waals surface area contributed by atoms with Crippen molar-refractivity contribution in [3.63, 3.8) is 0 Å². The smallest absolute Gasteiger partial charge is 0.342 e. The molecule has 0 saturated heterocycles. The van der Waals surface area contributed by atoms with Crippen LogP contribution in [0.4, 0.5) is 0 Å². The van der Waals surface area contributed by atoms with Crippen molar-refractivity contribution in [1.29, 1.82) is 0 Å². The highest BCUT2D eigenvalue weighted by molar-refractivity contribution is 6.30. The van der Waals surface area contributed by atoms with Crippen LogP contribution in [-0.2, 0) is 4.74 Å². The molecule has 0 fully saturated rings. The number of carbonyl (C=O) groups excluding carboxylic acids is 2. The molecule has 2 aromatic rings. The number of ketones is 1. The third kappa shape index (κ3) is 3.86. The molecule has 0 aliphatic carbocycles. The maximum absolute atomic E-state index is 12.4. The van der Waals surface area contributed by atoms with E-state index in [0.29, 0.717) is 16.3 Å². The molecule has 0 saturated carbocycles. The molecule has 0 spiro atoms. The van der Waals surface area contributed by atoms with E-state index in [1.54, 1.807) is 42.5 Å². The normalized spacial score (nSPS) is 11.5. The molecule has 24 heavy (non-hydrogen) atoms. The molecule has 0 radical (unpaired) electrons. The highest BCUT2D eigenvalue weighted by Crippen LogP contribution is 2.31. The second kappa shape index (κ2) is 7.84. The SMILES string of the molecule is COc1cccc(C(=O)O[C@H](C)C(=O)c2ccc(Cl)cc2)c1OC. The zero-order valence-corrected chi connectivity index (χ0v) is 14.3. The number of ether oxygens (including phenoxy) is 3. The van der Waals surface area contributed by atoms with Gasteiger partial charge in [0, 0.05) is 10.6 Å². The van der Waals surface area contributed by atoms with Crippen molar-refractivity contribution in [3.8, 4) is 11.5 Å². The van der Waals surface area contributed by atoms with Gasteiger partial charge in [0.15, 0.2) is 17.6 Å². The first-order chi connectivity index (χ1) is 11.5. The molecule has 0 unspecified atom stereocenters. The first kappa shape index (κ1) is 17.8. The van der Waals surface area contributed by atoms with Crippen molar-refractivity contribution < 1.29 is 23.8 Å². The van der Waals surface area contributed by atoms with Crippen LogP contribution in [0.15, 0.2) is 42.5 Å². The molecule has 6 heteroatoms. The van der Waals surface area contributed by atoms with Gasteiger partial charge in [0.1, 0.15) is 5.56 Å². The second-order valence-electron chi connectivity index (χ2n) is 4.96. The minimum absolute atomic E-state index is 0.188. The Kier molecular flexibility index (Phi) is 5.82. The van der Waals surface area contributed by atoms with Crippen molar-refractivity contribution in [2.24, 2.45) is 0 Å². The summed E-state index contributed by atoms with van der Waals surface area (Å²) >= 11 is 5.80. The van der Waals surface area contributed by atoms with Crippen LogP contribution in [-0.4, -0.2) is 32.1 Å². The third-order valence-corrected chi connectivity index (χ3v) is 3.66. The molecule has 0 heterocycles. The number of methoxy groups -OCH3 is 2. The number of hydrogen-bond donors (Lipinski definition) is 0. The van der Waals surface area contributed by atoms with Crippen LogP contribution in [0.1, 0.15) is 27.6 Å². The quantitative estimate of drug-likeness (QED) is 0.587. The monoisotopic (exact) mass is 348 g/mol. The van der Waals surface area contributed by atoms with Crippen LogP contribution in [0, 0.1) is 0 Å². The summed E-state index contributed by atoms with van der Waals surface area (Å²) < 4.78 is 15.6. The second-order valence-corrected chi connectivity index (χ2v) is 5.40. The lowest BCUT2D eigenvalue weighted by molar-refractivity contribution is 0.0315. The highest BCUT2D eigenvalue weighted by Gasteiger charge is 2.23. The van der Waals surface area contributed by atoms with E-state index in [-0.39, 0.29) is 17.1 Å². The number of Topliss-reactive ketones (excluding diaryl/α,β-unsaturated/α-hetero) is 1. The molecule has 0 aliphatic heterocycles. The average Bonchev–Trinajstić information content (AvgIpc) is 2.60. The summed E-state index contributed by atoms with van der Waals surface area (Å²) in [5.74, 6) is -0.317. The third-order valence-electron chi connectivity index (χ3n) is 3.40. The van der Waals surface area contributed by atoms with Gasteiger partial charge in [-0.2, -0.15) is 0 Å². The predicted molar refractivity (Wildman–Crippen MR) is 90.2 cm³/mol. The Bertz CT molecular complexity index is 740. The van der Waals surface area contributed by atoms with Gasteiger partial charge in [-0.15, -0.1) is 0 Å². The van der Waals surface area contributed by atoms with Gasteiger partial charge in [0.05, 0.1) is 14.2 Å². The van der Waals surface area contributed by atoms with Crippen molar-refractivity contribution in [2.45, 2.75) is 13.0 Å². The Morgan fingerprint density at radius 2 is 1.67 bits per heavy atom. The van der Waals surface area contributed by atoms with Crippen LogP contribution in [0.3, 0.4) is 0 Å². The molecule has 2 aromatic carbocycles. The first-order valence-electron chi connectivity index (χ1n) is 7.19. The Morgan fingerprint density at radius 1 is 1.00 bits per heavy atom. The number of esters is 1. The van der Waals surface area contributed by atoms with Gasteiger partial charge in [-0.05, 0) is 43.3 Å². The number of halogens is 1. The zero-order valence-electron chi connectivity index (χ0n) is 13.5. The molecular weight excluding hydrogens is 332 g/mol. The number of hydrogen-bond acceptors (Lipinski definition) is 5. The standard InChI is InChI=1S/C18H17ClO5/c1-11(16(20)12-7-9-13(19)10-8-12)24-18(21)14-5-4-6-15(22-2)17(14)23-3/h4-11H,1-3H3/t11-/m1/s1. The highest BCUT2D eigenvalue weighted by atomic mass is 35.5. The first-order valence-corrected chi connectivity index (χ1v) is 7.57. The van der Waals surface area contributed by atoms with E-state index in [1.807, 2.05) is 0 Å². The Labute approximate surface area is 145 Å². The van der Waals surface area contributed by atoms with Crippen LogP contribution >= 0.6 is 11.6 Å². The lowest BCUT2D eigenvalue weighted by Crippen LogP contribution is -2.24. The molecule has 0 amide bonds. The molecule has 0 aliphatic rings. The number of rotatable bonds is 6. The topological polar surface area (TPSA) is 61.8 Å². The van der Waals surface area contributed by atoms with Gasteiger partial charge >= 0.3 is 5.97 Å². The van der Waals surface area contributed by atoms with E-state index in [4.69, 9.17) is 25.8 Å². The Morgan fingerprint density at radius 3 is 2.25 bits per heavy atom. The molecule has 2 rings (SSSR count). The van der Waals surface area contributed by atoms with Crippen molar-refractivity contribution in [3.05, 3.63) is 58.6 Å². The fourth-order valence-electron chi connectivity index (χ4n) is 2.17. The predicted octanol–water partition coefficient (Wildman–Crippen LogP) is 3.79. The van der Waals surface area contributed by atoms with E-state index in [0.717, 1.165) is 0 Å². The molecule has 1 atom stereocenters. The Balaban J connectivity index is 2.17. The maximum atomic E-state index is 12.4. The summed E-state index contributed by atoms with van der Waals surface area (Å²) in [5, 5.41) is 0.525. The summed E-state index contributed by atoms with van der Waals surface area (Å²) in [5.41, 5.74) is 0.602. The van der Waals surface area contributed by atoms with Gasteiger partial charge < -0.3 is 14.2 Å². The number of para-hydroxylation sites is 1. The van der Waals surface area contributed by atoms with Gasteiger partial charge in [0.2, 0.25) is 5.78 Å². The molecular formula is C18H17ClO5. The lowest BCUT2D eigenvalue weighted by Gasteiger charge is -2.15. The maximum Gasteiger partial charge on any atom is 0.342 e. The largest absolute Gasteiger partial charge is 0.493 e. The summed E-state index contributed by atoms with van der Waals surface area (Å²) in [6.07, 6.45) is -0.949. The average molecular weight is 349 g/mol. The molecule has 126 valence electrons. The van der Waals surface area contributed by atoms with Crippen molar-refractivity contribution in [2.75, 3.05) is 14.2 Å². The van der Waals surface area contributed by atoms with E-state index >= 15 is 0 Å². The van der Waals surface area contributed by atoms with Crippen molar-refractivity contribution in [1.82, 2.24) is 0 Å². The van der Waals surface area contributed by atoms with Gasteiger partial charge in [-0.3, -0.25) is 4.79 Å². The van der Waals surface area contributed by atoms with Crippen LogP contribution < -0.4 is 9.47 Å². The summed E-state index contributed by atoms with van der Waals surface area (Å²) in [7, 11) is 2.90. The Hall–Kier alpha value is -2.53. The fraction of sp³-hybridized carbons (Fsp3) is 0.222. The number of benzene rings is 2. The molecule has 5 nitrogen and oxygen atoms in total. The van der Waals surface area contributed by atoms with Crippen molar-refractivity contribution >= 4 is 23.4 Å². The van der Waals surface area contributed by atoms with E-state index in [9.17, 15) is 9.59 Å². The van der Waals surface area contributed by atoms with Gasteiger partial charge in [0.25, 0.3) is 0 Å². The van der Waals surface area contributed by atoms with Crippen LogP contribution in [0.5, 0.6) is 11.5 Å². The summed E-state index contributed by atoms with van der Waals surface area (Å²) in [4.78, 5) is 24.7. The molecule has 0 N–H and O–H groups in total. The number of carbonyl (C=O) groups is 2. The van der Waals surface area contributed by atoms with Crippen LogP contribution in [0.25, 0.3) is 0 Å².